The Balaban J connectivity index is 2.45. The van der Waals surface area contributed by atoms with Crippen LogP contribution < -0.4 is 10.0 Å². The fraction of sp³-hybridized carbons (Fsp3) is 0.0714. The van der Waals surface area contributed by atoms with Gasteiger partial charge in [-0.05, 0) is 30.3 Å². The maximum absolute atomic E-state index is 13.9. The Morgan fingerprint density at radius 1 is 1.21 bits per heavy atom. The first-order valence-corrected chi connectivity index (χ1v) is 8.62. The Hall–Kier alpha value is -2.03. The second kappa shape index (κ2) is 6.84. The van der Waals surface area contributed by atoms with E-state index in [-0.39, 0.29) is 15.7 Å². The van der Waals surface area contributed by atoms with E-state index < -0.39 is 38.1 Å². The van der Waals surface area contributed by atoms with E-state index in [1.165, 1.54) is 13.0 Å². The van der Waals surface area contributed by atoms with E-state index in [1.54, 1.807) is 0 Å². The lowest BCUT2D eigenvalue weighted by Crippen LogP contribution is -2.15. The normalized spacial score (nSPS) is 11.2. The average molecular weight is 393 g/mol. The van der Waals surface area contributed by atoms with Gasteiger partial charge in [0.25, 0.3) is 10.0 Å². The van der Waals surface area contributed by atoms with Gasteiger partial charge in [0.05, 0.1) is 10.7 Å². The summed E-state index contributed by atoms with van der Waals surface area (Å²) in [5.74, 6) is -2.00. The minimum absolute atomic E-state index is 0.0226. The monoisotopic (exact) mass is 392 g/mol. The van der Waals surface area contributed by atoms with Crippen molar-refractivity contribution in [2.75, 3.05) is 10.0 Å². The second-order valence-corrected chi connectivity index (χ2v) is 7.21. The Labute approximate surface area is 147 Å². The standard InChI is InChI=1S/C14H11Cl2FN2O4S/c1-7(20)18-9-2-3-11(17)12(6-9)19-24(22,23)13-5-8(15)4-10(16)14(13)21/h2-6,19,21H,1H3,(H,18,20). The van der Waals surface area contributed by atoms with E-state index in [4.69, 9.17) is 23.2 Å². The molecular weight excluding hydrogens is 382 g/mol. The second-order valence-electron chi connectivity index (χ2n) is 4.72. The Kier molecular flexibility index (Phi) is 5.22. The molecule has 0 unspecified atom stereocenters. The van der Waals surface area contributed by atoms with Gasteiger partial charge in [0.1, 0.15) is 10.7 Å². The lowest BCUT2D eigenvalue weighted by Gasteiger charge is -2.12. The molecule has 0 radical (unpaired) electrons. The van der Waals surface area contributed by atoms with Gasteiger partial charge < -0.3 is 10.4 Å². The summed E-state index contributed by atoms with van der Waals surface area (Å²) < 4.78 is 40.6. The van der Waals surface area contributed by atoms with Crippen LogP contribution in [0.3, 0.4) is 0 Å². The highest BCUT2D eigenvalue weighted by molar-refractivity contribution is 7.92. The first kappa shape index (κ1) is 18.3. The summed E-state index contributed by atoms with van der Waals surface area (Å²) in [5, 5.41) is 11.9. The molecule has 6 nitrogen and oxygen atoms in total. The summed E-state index contributed by atoms with van der Waals surface area (Å²) in [4.78, 5) is 10.4. The number of amides is 1. The van der Waals surface area contributed by atoms with Crippen LogP contribution in [0.2, 0.25) is 10.0 Å². The summed E-state index contributed by atoms with van der Waals surface area (Å²) in [7, 11) is -4.38. The molecule has 10 heteroatoms. The smallest absolute Gasteiger partial charge is 0.265 e. The minimum Gasteiger partial charge on any atom is -0.505 e. The number of rotatable bonds is 4. The van der Waals surface area contributed by atoms with Crippen LogP contribution in [-0.4, -0.2) is 19.4 Å². The van der Waals surface area contributed by atoms with Crippen molar-refractivity contribution in [2.45, 2.75) is 11.8 Å². The highest BCUT2D eigenvalue weighted by Crippen LogP contribution is 2.35. The van der Waals surface area contributed by atoms with E-state index >= 15 is 0 Å². The predicted molar refractivity (Wildman–Crippen MR) is 89.6 cm³/mol. The summed E-state index contributed by atoms with van der Waals surface area (Å²) in [6.45, 7) is 1.25. The van der Waals surface area contributed by atoms with Gasteiger partial charge in [0.15, 0.2) is 5.75 Å². The fourth-order valence-electron chi connectivity index (χ4n) is 1.83. The zero-order valence-electron chi connectivity index (χ0n) is 12.1. The van der Waals surface area contributed by atoms with Crippen LogP contribution in [0, 0.1) is 5.82 Å². The van der Waals surface area contributed by atoms with Crippen LogP contribution in [0.1, 0.15) is 6.92 Å². The molecule has 0 fully saturated rings. The number of nitrogens with one attached hydrogen (secondary N) is 2. The van der Waals surface area contributed by atoms with Gasteiger partial charge >= 0.3 is 0 Å². The molecule has 0 saturated heterocycles. The van der Waals surface area contributed by atoms with Crippen LogP contribution in [0.25, 0.3) is 0 Å². The van der Waals surface area contributed by atoms with Gasteiger partial charge in [0.2, 0.25) is 5.91 Å². The van der Waals surface area contributed by atoms with Crippen LogP contribution >= 0.6 is 23.2 Å². The van der Waals surface area contributed by atoms with Crippen LogP contribution in [0.15, 0.2) is 35.2 Å². The van der Waals surface area contributed by atoms with Gasteiger partial charge in [-0.25, -0.2) is 12.8 Å². The molecule has 0 atom stereocenters. The van der Waals surface area contributed by atoms with Crippen molar-refractivity contribution in [1.82, 2.24) is 0 Å². The average Bonchev–Trinajstić information content (AvgIpc) is 2.45. The quantitative estimate of drug-likeness (QED) is 0.740. The number of halogens is 3. The number of anilines is 2. The summed E-state index contributed by atoms with van der Waals surface area (Å²) in [6, 6.07) is 5.48. The lowest BCUT2D eigenvalue weighted by molar-refractivity contribution is -0.114. The fourth-order valence-corrected chi connectivity index (χ4v) is 3.65. The van der Waals surface area contributed by atoms with Crippen molar-refractivity contribution >= 4 is 50.5 Å². The zero-order valence-corrected chi connectivity index (χ0v) is 14.4. The van der Waals surface area contributed by atoms with Crippen LogP contribution in [0.4, 0.5) is 15.8 Å². The van der Waals surface area contributed by atoms with Gasteiger partial charge in [-0.15, -0.1) is 0 Å². The predicted octanol–water partition coefficient (Wildman–Crippen LogP) is 3.60. The van der Waals surface area contributed by atoms with Gasteiger partial charge in [-0.2, -0.15) is 0 Å². The van der Waals surface area contributed by atoms with Crippen LogP contribution in [0.5, 0.6) is 5.75 Å². The maximum atomic E-state index is 13.9. The number of phenolic OH excluding ortho intramolecular Hbond substituents is 1. The number of aromatic hydroxyl groups is 1. The molecule has 0 aliphatic carbocycles. The SMILES string of the molecule is CC(=O)Nc1ccc(F)c(NS(=O)(=O)c2cc(Cl)cc(Cl)c2O)c1. The molecule has 3 N–H and O–H groups in total. The third kappa shape index (κ3) is 4.08. The molecule has 0 saturated carbocycles. The summed E-state index contributed by atoms with van der Waals surface area (Å²) in [6.07, 6.45) is 0. The molecule has 0 spiro atoms. The molecule has 2 rings (SSSR count). The van der Waals surface area contributed by atoms with E-state index in [0.717, 1.165) is 24.3 Å². The molecule has 24 heavy (non-hydrogen) atoms. The van der Waals surface area contributed by atoms with Crippen molar-refractivity contribution < 1.29 is 22.7 Å². The number of benzene rings is 2. The van der Waals surface area contributed by atoms with Gasteiger partial charge in [-0.3, -0.25) is 9.52 Å². The van der Waals surface area contributed by atoms with E-state index in [9.17, 15) is 22.7 Å². The molecule has 0 aliphatic rings. The Bertz CT molecular complexity index is 919. The maximum Gasteiger partial charge on any atom is 0.265 e. The highest BCUT2D eigenvalue weighted by Gasteiger charge is 2.23. The van der Waals surface area contributed by atoms with Crippen molar-refractivity contribution in [1.29, 1.82) is 0 Å². The van der Waals surface area contributed by atoms with Crippen molar-refractivity contribution in [3.8, 4) is 5.75 Å². The third-order valence-electron chi connectivity index (χ3n) is 2.81. The molecule has 1 amide bonds. The Morgan fingerprint density at radius 3 is 2.50 bits per heavy atom. The number of carbonyl (C=O) groups excluding carboxylic acids is 1. The number of sulfonamides is 1. The van der Waals surface area contributed by atoms with Crippen molar-refractivity contribution in [3.63, 3.8) is 0 Å². The Morgan fingerprint density at radius 2 is 1.88 bits per heavy atom. The number of hydrogen-bond donors (Lipinski definition) is 3. The third-order valence-corrected chi connectivity index (χ3v) is 4.70. The highest BCUT2D eigenvalue weighted by atomic mass is 35.5. The largest absolute Gasteiger partial charge is 0.505 e. The van der Waals surface area contributed by atoms with Gasteiger partial charge in [0, 0.05) is 17.6 Å². The van der Waals surface area contributed by atoms with Crippen molar-refractivity contribution in [2.24, 2.45) is 0 Å². The van der Waals surface area contributed by atoms with E-state index in [0.29, 0.717) is 0 Å². The van der Waals surface area contributed by atoms with E-state index in [2.05, 4.69) is 5.32 Å². The van der Waals surface area contributed by atoms with E-state index in [1.807, 2.05) is 4.72 Å². The molecule has 0 heterocycles. The first-order valence-electron chi connectivity index (χ1n) is 6.38. The number of hydrogen-bond acceptors (Lipinski definition) is 4. The zero-order chi connectivity index (χ0) is 18.1. The summed E-state index contributed by atoms with van der Waals surface area (Å²) >= 11 is 11.4. The van der Waals surface area contributed by atoms with Gasteiger partial charge in [-0.1, -0.05) is 23.2 Å². The molecule has 2 aromatic carbocycles. The molecule has 0 aliphatic heterocycles. The molecular formula is C14H11Cl2FN2O4S. The number of carbonyl (C=O) groups is 1. The van der Waals surface area contributed by atoms with Crippen molar-refractivity contribution in [3.05, 3.63) is 46.2 Å². The minimum atomic E-state index is -4.38. The lowest BCUT2D eigenvalue weighted by atomic mass is 10.2. The summed E-state index contributed by atoms with van der Waals surface area (Å²) in [5.41, 5.74) is -0.230. The molecule has 128 valence electrons. The first-order chi connectivity index (χ1) is 11.1. The molecule has 2 aromatic rings. The van der Waals surface area contributed by atoms with Crippen LogP contribution in [-0.2, 0) is 14.8 Å². The molecule has 0 aromatic heterocycles. The number of phenols is 1. The molecule has 0 bridgehead atoms. The topological polar surface area (TPSA) is 95.5 Å².